The molecule has 0 saturated carbocycles. The van der Waals surface area contributed by atoms with Gasteiger partial charge in [0.2, 0.25) is 0 Å². The van der Waals surface area contributed by atoms with Crippen LogP contribution in [0.3, 0.4) is 0 Å². The van der Waals surface area contributed by atoms with Crippen LogP contribution in [0.25, 0.3) is 0 Å². The van der Waals surface area contributed by atoms with Gasteiger partial charge in [-0.3, -0.25) is 4.90 Å². The van der Waals surface area contributed by atoms with E-state index in [-0.39, 0.29) is 5.82 Å². The number of likely N-dealkylation sites (tertiary alicyclic amines) is 1. The smallest absolute Gasteiger partial charge is 0.123 e. The predicted molar refractivity (Wildman–Crippen MR) is 66.4 cm³/mol. The monoisotopic (exact) mass is 237 g/mol. The van der Waals surface area contributed by atoms with Crippen LogP contribution in [0.4, 0.5) is 4.39 Å². The van der Waals surface area contributed by atoms with E-state index in [0.717, 1.165) is 32.7 Å². The molecule has 1 aromatic carbocycles. The third-order valence-corrected chi connectivity index (χ3v) is 3.35. The Morgan fingerprint density at radius 3 is 2.82 bits per heavy atom. The largest absolute Gasteiger partial charge is 0.380 e. The SMILES string of the molecule is CCOCCN1CCCC1c1ccc(F)cc1. The fourth-order valence-electron chi connectivity index (χ4n) is 2.48. The first kappa shape index (κ1) is 12.5. The molecule has 0 aromatic heterocycles. The van der Waals surface area contributed by atoms with Crippen molar-refractivity contribution in [3.8, 4) is 0 Å². The average molecular weight is 237 g/mol. The van der Waals surface area contributed by atoms with Gasteiger partial charge in [0.1, 0.15) is 5.82 Å². The Bertz CT molecular complexity index is 339. The highest BCUT2D eigenvalue weighted by Crippen LogP contribution is 2.31. The van der Waals surface area contributed by atoms with E-state index < -0.39 is 0 Å². The molecule has 17 heavy (non-hydrogen) atoms. The zero-order chi connectivity index (χ0) is 12.1. The van der Waals surface area contributed by atoms with E-state index >= 15 is 0 Å². The highest BCUT2D eigenvalue weighted by atomic mass is 19.1. The molecule has 3 heteroatoms. The first-order valence-electron chi connectivity index (χ1n) is 6.38. The summed E-state index contributed by atoms with van der Waals surface area (Å²) >= 11 is 0. The van der Waals surface area contributed by atoms with Gasteiger partial charge in [-0.25, -0.2) is 4.39 Å². The van der Waals surface area contributed by atoms with Gasteiger partial charge < -0.3 is 4.74 Å². The van der Waals surface area contributed by atoms with Gasteiger partial charge in [-0.1, -0.05) is 12.1 Å². The first-order valence-corrected chi connectivity index (χ1v) is 6.38. The normalized spacial score (nSPS) is 20.9. The van der Waals surface area contributed by atoms with Crippen molar-refractivity contribution in [2.45, 2.75) is 25.8 Å². The van der Waals surface area contributed by atoms with Crippen molar-refractivity contribution in [3.63, 3.8) is 0 Å². The molecule has 94 valence electrons. The lowest BCUT2D eigenvalue weighted by Crippen LogP contribution is -2.27. The Balaban J connectivity index is 1.96. The molecule has 1 aromatic rings. The zero-order valence-corrected chi connectivity index (χ0v) is 10.4. The molecule has 1 heterocycles. The van der Waals surface area contributed by atoms with Gasteiger partial charge in [-0.2, -0.15) is 0 Å². The van der Waals surface area contributed by atoms with Crippen molar-refractivity contribution in [2.75, 3.05) is 26.3 Å². The minimum absolute atomic E-state index is 0.160. The fraction of sp³-hybridized carbons (Fsp3) is 0.571. The topological polar surface area (TPSA) is 12.5 Å². The van der Waals surface area contributed by atoms with Crippen molar-refractivity contribution in [1.29, 1.82) is 0 Å². The summed E-state index contributed by atoms with van der Waals surface area (Å²) < 4.78 is 18.3. The summed E-state index contributed by atoms with van der Waals surface area (Å²) in [5, 5.41) is 0. The number of rotatable bonds is 5. The maximum absolute atomic E-state index is 12.9. The molecular formula is C14H20FNO. The Morgan fingerprint density at radius 2 is 2.12 bits per heavy atom. The predicted octanol–water partition coefficient (Wildman–Crippen LogP) is 3.00. The molecule has 0 amide bonds. The van der Waals surface area contributed by atoms with Crippen LogP contribution in [-0.4, -0.2) is 31.2 Å². The third kappa shape index (κ3) is 3.27. The van der Waals surface area contributed by atoms with Gasteiger partial charge in [0, 0.05) is 19.2 Å². The quantitative estimate of drug-likeness (QED) is 0.730. The summed E-state index contributed by atoms with van der Waals surface area (Å²) in [5.74, 6) is -0.160. The van der Waals surface area contributed by atoms with Gasteiger partial charge in [0.05, 0.1) is 6.61 Å². The van der Waals surface area contributed by atoms with E-state index in [1.807, 2.05) is 19.1 Å². The fourth-order valence-corrected chi connectivity index (χ4v) is 2.48. The third-order valence-electron chi connectivity index (χ3n) is 3.35. The van der Waals surface area contributed by atoms with Crippen molar-refractivity contribution < 1.29 is 9.13 Å². The maximum atomic E-state index is 12.9. The Morgan fingerprint density at radius 1 is 1.35 bits per heavy atom. The van der Waals surface area contributed by atoms with Gasteiger partial charge >= 0.3 is 0 Å². The van der Waals surface area contributed by atoms with Crippen LogP contribution in [0, 0.1) is 5.82 Å². The molecule has 1 aliphatic heterocycles. The first-order chi connectivity index (χ1) is 8.31. The molecule has 1 fully saturated rings. The summed E-state index contributed by atoms with van der Waals surface area (Å²) in [6, 6.07) is 7.34. The number of hydrogen-bond acceptors (Lipinski definition) is 2. The second kappa shape index (κ2) is 6.12. The molecule has 0 aliphatic carbocycles. The highest BCUT2D eigenvalue weighted by molar-refractivity contribution is 5.20. The second-order valence-corrected chi connectivity index (χ2v) is 4.44. The van der Waals surface area contributed by atoms with Crippen LogP contribution < -0.4 is 0 Å². The van der Waals surface area contributed by atoms with Gasteiger partial charge in [-0.05, 0) is 44.0 Å². The molecule has 1 unspecified atom stereocenters. The van der Waals surface area contributed by atoms with Crippen molar-refractivity contribution in [3.05, 3.63) is 35.6 Å². The molecule has 1 atom stereocenters. The molecule has 0 bridgehead atoms. The van der Waals surface area contributed by atoms with Crippen molar-refractivity contribution in [2.24, 2.45) is 0 Å². The lowest BCUT2D eigenvalue weighted by molar-refractivity contribution is 0.108. The minimum atomic E-state index is -0.160. The van der Waals surface area contributed by atoms with Crippen LogP contribution in [0.15, 0.2) is 24.3 Å². The number of ether oxygens (including phenoxy) is 1. The van der Waals surface area contributed by atoms with Crippen molar-refractivity contribution in [1.82, 2.24) is 4.90 Å². The van der Waals surface area contributed by atoms with Crippen LogP contribution in [0.2, 0.25) is 0 Å². The molecule has 2 rings (SSSR count). The number of benzene rings is 1. The number of nitrogens with zero attached hydrogens (tertiary/aromatic N) is 1. The highest BCUT2D eigenvalue weighted by Gasteiger charge is 2.25. The maximum Gasteiger partial charge on any atom is 0.123 e. The van der Waals surface area contributed by atoms with Crippen LogP contribution >= 0.6 is 0 Å². The molecule has 1 saturated heterocycles. The average Bonchev–Trinajstić information content (AvgIpc) is 2.79. The van der Waals surface area contributed by atoms with Gasteiger partial charge in [0.25, 0.3) is 0 Å². The summed E-state index contributed by atoms with van der Waals surface area (Å²) in [4.78, 5) is 2.43. The number of halogens is 1. The Hall–Kier alpha value is -0.930. The standard InChI is InChI=1S/C14H20FNO/c1-2-17-11-10-16-9-3-4-14(16)12-5-7-13(15)8-6-12/h5-8,14H,2-4,9-11H2,1H3. The van der Waals surface area contributed by atoms with E-state index in [9.17, 15) is 4.39 Å². The molecule has 0 spiro atoms. The lowest BCUT2D eigenvalue weighted by Gasteiger charge is -2.24. The van der Waals surface area contributed by atoms with E-state index in [2.05, 4.69) is 4.90 Å². The van der Waals surface area contributed by atoms with E-state index in [1.54, 1.807) is 12.1 Å². The summed E-state index contributed by atoms with van der Waals surface area (Å²) in [6.45, 7) is 5.66. The van der Waals surface area contributed by atoms with Crippen LogP contribution in [0.5, 0.6) is 0 Å². The van der Waals surface area contributed by atoms with Gasteiger partial charge in [-0.15, -0.1) is 0 Å². The number of hydrogen-bond donors (Lipinski definition) is 0. The van der Waals surface area contributed by atoms with E-state index in [0.29, 0.717) is 6.04 Å². The minimum Gasteiger partial charge on any atom is -0.380 e. The summed E-state index contributed by atoms with van der Waals surface area (Å²) in [5.41, 5.74) is 1.22. The summed E-state index contributed by atoms with van der Waals surface area (Å²) in [7, 11) is 0. The van der Waals surface area contributed by atoms with Gasteiger partial charge in [0.15, 0.2) is 0 Å². The van der Waals surface area contributed by atoms with Crippen molar-refractivity contribution >= 4 is 0 Å². The molecule has 0 N–H and O–H groups in total. The van der Waals surface area contributed by atoms with Crippen LogP contribution in [0.1, 0.15) is 31.4 Å². The molecule has 2 nitrogen and oxygen atoms in total. The van der Waals surface area contributed by atoms with Crippen LogP contribution in [-0.2, 0) is 4.74 Å². The van der Waals surface area contributed by atoms with E-state index in [1.165, 1.54) is 12.0 Å². The zero-order valence-electron chi connectivity index (χ0n) is 10.4. The second-order valence-electron chi connectivity index (χ2n) is 4.44. The lowest BCUT2D eigenvalue weighted by atomic mass is 10.0. The van der Waals surface area contributed by atoms with E-state index in [4.69, 9.17) is 4.74 Å². The Kier molecular flexibility index (Phi) is 4.51. The summed E-state index contributed by atoms with van der Waals surface area (Å²) in [6.07, 6.45) is 2.38. The molecular weight excluding hydrogens is 217 g/mol. The Labute approximate surface area is 102 Å². The molecule has 1 aliphatic rings. The molecule has 0 radical (unpaired) electrons.